The molecule has 2 aromatic rings. The molecule has 6 nitrogen and oxygen atoms in total. The number of aryl methyl sites for hydroxylation is 1. The van der Waals surface area contributed by atoms with E-state index in [1.807, 2.05) is 18.2 Å². The summed E-state index contributed by atoms with van der Waals surface area (Å²) in [5.41, 5.74) is 0.934. The second-order valence-electron chi connectivity index (χ2n) is 6.65. The number of thioether (sulfide) groups is 1. The highest BCUT2D eigenvalue weighted by Gasteiger charge is 2.34. The van der Waals surface area contributed by atoms with Gasteiger partial charge in [0.15, 0.2) is 0 Å². The fraction of sp³-hybridized carbons (Fsp3) is 0.350. The van der Waals surface area contributed by atoms with Crippen LogP contribution in [0, 0.1) is 17.0 Å². The number of ether oxygens (including phenoxy) is 1. The van der Waals surface area contributed by atoms with Gasteiger partial charge in [-0.2, -0.15) is 0 Å². The summed E-state index contributed by atoms with van der Waals surface area (Å²) >= 11 is 1.77. The topological polar surface area (TPSA) is 81.5 Å². The lowest BCUT2D eigenvalue weighted by Gasteiger charge is -2.36. The number of hydrogen-bond donors (Lipinski definition) is 1. The zero-order valence-corrected chi connectivity index (χ0v) is 16.0. The van der Waals surface area contributed by atoms with E-state index in [-0.39, 0.29) is 16.3 Å². The smallest absolute Gasteiger partial charge is 0.272 e. The molecule has 2 aromatic carbocycles. The monoisotopic (exact) mass is 386 g/mol. The SMILES string of the molecule is Cc1cc(C(=O)NCC2(Sc3ccccc3)CCOCC2)ccc1[N+](=O)[O-]. The first-order valence-corrected chi connectivity index (χ1v) is 9.66. The van der Waals surface area contributed by atoms with E-state index in [1.165, 1.54) is 17.0 Å². The quantitative estimate of drug-likeness (QED) is 0.600. The Hall–Kier alpha value is -2.38. The van der Waals surface area contributed by atoms with E-state index >= 15 is 0 Å². The third kappa shape index (κ3) is 4.87. The van der Waals surface area contributed by atoms with Crippen LogP contribution in [0.2, 0.25) is 0 Å². The first-order chi connectivity index (χ1) is 13.0. The Morgan fingerprint density at radius 1 is 1.22 bits per heavy atom. The lowest BCUT2D eigenvalue weighted by atomic mass is 9.98. The number of nitro groups is 1. The van der Waals surface area contributed by atoms with Crippen LogP contribution in [0.5, 0.6) is 0 Å². The van der Waals surface area contributed by atoms with Crippen LogP contribution >= 0.6 is 11.8 Å². The van der Waals surface area contributed by atoms with Crippen LogP contribution in [-0.4, -0.2) is 35.3 Å². The number of rotatable bonds is 6. The van der Waals surface area contributed by atoms with Crippen molar-refractivity contribution in [3.63, 3.8) is 0 Å². The molecule has 0 saturated carbocycles. The van der Waals surface area contributed by atoms with Gasteiger partial charge in [-0.05, 0) is 44.0 Å². The van der Waals surface area contributed by atoms with Gasteiger partial charge in [-0.15, -0.1) is 11.8 Å². The number of nitrogens with one attached hydrogen (secondary N) is 1. The molecule has 0 radical (unpaired) electrons. The Morgan fingerprint density at radius 3 is 2.56 bits per heavy atom. The number of nitrogens with zero attached hydrogens (tertiary/aromatic N) is 1. The van der Waals surface area contributed by atoms with Gasteiger partial charge in [-0.3, -0.25) is 14.9 Å². The van der Waals surface area contributed by atoms with E-state index in [2.05, 4.69) is 17.4 Å². The molecule has 0 aromatic heterocycles. The molecule has 1 N–H and O–H groups in total. The fourth-order valence-electron chi connectivity index (χ4n) is 3.14. The van der Waals surface area contributed by atoms with Crippen LogP contribution in [0.1, 0.15) is 28.8 Å². The van der Waals surface area contributed by atoms with Gasteiger partial charge in [-0.25, -0.2) is 0 Å². The second kappa shape index (κ2) is 8.54. The van der Waals surface area contributed by atoms with Gasteiger partial charge in [0.25, 0.3) is 11.6 Å². The Balaban J connectivity index is 1.70. The van der Waals surface area contributed by atoms with Crippen molar-refractivity contribution in [3.8, 4) is 0 Å². The molecule has 0 bridgehead atoms. The highest BCUT2D eigenvalue weighted by Crippen LogP contribution is 2.40. The molecule has 0 atom stereocenters. The molecular formula is C20H22N2O4S. The van der Waals surface area contributed by atoms with Crippen LogP contribution in [0.4, 0.5) is 5.69 Å². The minimum absolute atomic E-state index is 0.0204. The number of hydrogen-bond acceptors (Lipinski definition) is 5. The van der Waals surface area contributed by atoms with Crippen molar-refractivity contribution in [2.24, 2.45) is 0 Å². The van der Waals surface area contributed by atoms with E-state index in [0.29, 0.717) is 30.9 Å². The first-order valence-electron chi connectivity index (χ1n) is 8.84. The Morgan fingerprint density at radius 2 is 1.93 bits per heavy atom. The third-order valence-electron chi connectivity index (χ3n) is 4.71. The van der Waals surface area contributed by atoms with Crippen molar-refractivity contribution in [2.45, 2.75) is 29.4 Å². The van der Waals surface area contributed by atoms with Crippen molar-refractivity contribution in [2.75, 3.05) is 19.8 Å². The molecule has 1 saturated heterocycles. The standard InChI is InChI=1S/C20H22N2O4S/c1-15-13-16(7-8-18(15)22(24)25)19(23)21-14-20(9-11-26-12-10-20)27-17-5-3-2-4-6-17/h2-8,13H,9-12,14H2,1H3,(H,21,23). The zero-order chi connectivity index (χ0) is 19.3. The minimum Gasteiger partial charge on any atom is -0.381 e. The second-order valence-corrected chi connectivity index (χ2v) is 8.19. The van der Waals surface area contributed by atoms with Gasteiger partial charge in [0.1, 0.15) is 0 Å². The molecule has 0 aliphatic carbocycles. The molecule has 3 rings (SSSR count). The average molecular weight is 386 g/mol. The van der Waals surface area contributed by atoms with Crippen molar-refractivity contribution < 1.29 is 14.5 Å². The Labute approximate surface area is 162 Å². The summed E-state index contributed by atoms with van der Waals surface area (Å²) in [5.74, 6) is -0.215. The molecule has 1 aliphatic rings. The highest BCUT2D eigenvalue weighted by atomic mass is 32.2. The summed E-state index contributed by atoms with van der Waals surface area (Å²) in [4.78, 5) is 24.3. The molecular weight excluding hydrogens is 364 g/mol. The Bertz CT molecular complexity index is 820. The highest BCUT2D eigenvalue weighted by molar-refractivity contribution is 8.00. The summed E-state index contributed by atoms with van der Waals surface area (Å²) in [6.07, 6.45) is 1.71. The maximum Gasteiger partial charge on any atom is 0.272 e. The summed E-state index contributed by atoms with van der Waals surface area (Å²) in [7, 11) is 0. The molecule has 142 valence electrons. The molecule has 27 heavy (non-hydrogen) atoms. The average Bonchev–Trinajstić information content (AvgIpc) is 2.67. The lowest BCUT2D eigenvalue weighted by molar-refractivity contribution is -0.385. The largest absolute Gasteiger partial charge is 0.381 e. The molecule has 1 amide bonds. The van der Waals surface area contributed by atoms with Crippen molar-refractivity contribution in [1.82, 2.24) is 5.32 Å². The van der Waals surface area contributed by atoms with Gasteiger partial charge >= 0.3 is 0 Å². The number of carbonyl (C=O) groups is 1. The van der Waals surface area contributed by atoms with Crippen LogP contribution in [0.15, 0.2) is 53.4 Å². The van der Waals surface area contributed by atoms with E-state index in [4.69, 9.17) is 4.74 Å². The predicted octanol–water partition coefficient (Wildman–Crippen LogP) is 3.97. The first kappa shape index (κ1) is 19.4. The van der Waals surface area contributed by atoms with Crippen LogP contribution in [0.3, 0.4) is 0 Å². The van der Waals surface area contributed by atoms with Gasteiger partial charge in [0.2, 0.25) is 0 Å². The number of nitro benzene ring substituents is 1. The molecule has 1 aliphatic heterocycles. The summed E-state index contributed by atoms with van der Waals surface area (Å²) in [5, 5.41) is 14.0. The summed E-state index contributed by atoms with van der Waals surface area (Å²) in [6.45, 7) is 3.50. The van der Waals surface area contributed by atoms with Crippen molar-refractivity contribution in [1.29, 1.82) is 0 Å². The molecule has 0 spiro atoms. The summed E-state index contributed by atoms with van der Waals surface area (Å²) in [6, 6.07) is 14.6. The lowest BCUT2D eigenvalue weighted by Crippen LogP contribution is -2.44. The predicted molar refractivity (Wildman–Crippen MR) is 105 cm³/mol. The zero-order valence-electron chi connectivity index (χ0n) is 15.1. The molecule has 0 unspecified atom stereocenters. The van der Waals surface area contributed by atoms with Gasteiger partial charge in [0, 0.05) is 46.6 Å². The van der Waals surface area contributed by atoms with E-state index in [9.17, 15) is 14.9 Å². The van der Waals surface area contributed by atoms with E-state index in [1.54, 1.807) is 24.8 Å². The number of carbonyl (C=O) groups excluding carboxylic acids is 1. The molecule has 1 heterocycles. The number of amides is 1. The minimum atomic E-state index is -0.440. The normalized spacial score (nSPS) is 15.9. The summed E-state index contributed by atoms with van der Waals surface area (Å²) < 4.78 is 5.40. The van der Waals surface area contributed by atoms with Crippen molar-refractivity contribution in [3.05, 3.63) is 69.8 Å². The molecule has 1 fully saturated rings. The van der Waals surface area contributed by atoms with Crippen LogP contribution in [-0.2, 0) is 4.74 Å². The van der Waals surface area contributed by atoms with Gasteiger partial charge in [-0.1, -0.05) is 18.2 Å². The van der Waals surface area contributed by atoms with E-state index < -0.39 is 4.92 Å². The maximum atomic E-state index is 12.6. The van der Waals surface area contributed by atoms with Gasteiger partial charge in [0.05, 0.1) is 4.92 Å². The fourth-order valence-corrected chi connectivity index (χ4v) is 4.45. The maximum absolute atomic E-state index is 12.6. The van der Waals surface area contributed by atoms with Gasteiger partial charge < -0.3 is 10.1 Å². The van der Waals surface area contributed by atoms with Crippen LogP contribution < -0.4 is 5.32 Å². The van der Waals surface area contributed by atoms with Crippen molar-refractivity contribution >= 4 is 23.4 Å². The van der Waals surface area contributed by atoms with E-state index in [0.717, 1.165) is 12.8 Å². The number of benzene rings is 2. The third-order valence-corrected chi connectivity index (χ3v) is 6.20. The van der Waals surface area contributed by atoms with Crippen LogP contribution in [0.25, 0.3) is 0 Å². The Kier molecular flexibility index (Phi) is 6.13. The molecule has 7 heteroatoms.